The lowest BCUT2D eigenvalue weighted by molar-refractivity contribution is -0.139. The Labute approximate surface area is 201 Å². The molecule has 0 bridgehead atoms. The number of sulfonamides is 1. The summed E-state index contributed by atoms with van der Waals surface area (Å²) in [4.78, 5) is 27.6. The molecule has 0 spiro atoms. The molecule has 0 saturated carbocycles. The van der Waals surface area contributed by atoms with Crippen LogP contribution in [0.4, 0.5) is 5.69 Å². The Morgan fingerprint density at radius 2 is 1.73 bits per heavy atom. The molecular formula is C24H32ClN3O4S. The van der Waals surface area contributed by atoms with Crippen LogP contribution in [-0.4, -0.2) is 50.5 Å². The van der Waals surface area contributed by atoms with Gasteiger partial charge in [-0.25, -0.2) is 8.42 Å². The summed E-state index contributed by atoms with van der Waals surface area (Å²) in [6, 6.07) is 13.1. The Morgan fingerprint density at radius 3 is 2.30 bits per heavy atom. The zero-order valence-electron chi connectivity index (χ0n) is 19.7. The molecular weight excluding hydrogens is 462 g/mol. The summed E-state index contributed by atoms with van der Waals surface area (Å²) in [6.07, 6.45) is 1.06. The number of carbonyl (C=O) groups is 2. The molecule has 7 nitrogen and oxygen atoms in total. The van der Waals surface area contributed by atoms with E-state index in [0.29, 0.717) is 17.3 Å². The van der Waals surface area contributed by atoms with Gasteiger partial charge in [0.25, 0.3) is 0 Å². The molecule has 0 heterocycles. The van der Waals surface area contributed by atoms with E-state index >= 15 is 0 Å². The van der Waals surface area contributed by atoms with Crippen molar-refractivity contribution < 1.29 is 18.0 Å². The molecule has 0 fully saturated rings. The van der Waals surface area contributed by atoms with E-state index in [9.17, 15) is 18.0 Å². The van der Waals surface area contributed by atoms with E-state index in [2.05, 4.69) is 5.32 Å². The molecule has 0 radical (unpaired) electrons. The van der Waals surface area contributed by atoms with Crippen molar-refractivity contribution in [3.8, 4) is 0 Å². The lowest BCUT2D eigenvalue weighted by Crippen LogP contribution is -2.51. The number of anilines is 1. The SMILES string of the molecule is Cc1cccc(N(CC(=O)N(Cc2cccc(Cl)c2)[C@H](C)C(=O)NCC(C)C)S(C)(=O)=O)c1. The van der Waals surface area contributed by atoms with E-state index in [1.807, 2.05) is 26.8 Å². The highest BCUT2D eigenvalue weighted by Crippen LogP contribution is 2.21. The summed E-state index contributed by atoms with van der Waals surface area (Å²) >= 11 is 6.10. The summed E-state index contributed by atoms with van der Waals surface area (Å²) in [7, 11) is -3.75. The normalized spacial score (nSPS) is 12.3. The molecule has 2 amide bonds. The largest absolute Gasteiger partial charge is 0.354 e. The molecule has 0 aliphatic heterocycles. The average molecular weight is 494 g/mol. The topological polar surface area (TPSA) is 86.8 Å². The van der Waals surface area contributed by atoms with Gasteiger partial charge in [0.05, 0.1) is 11.9 Å². The molecule has 0 unspecified atom stereocenters. The number of rotatable bonds is 10. The van der Waals surface area contributed by atoms with E-state index in [-0.39, 0.29) is 18.4 Å². The minimum Gasteiger partial charge on any atom is -0.354 e. The zero-order chi connectivity index (χ0) is 24.8. The standard InChI is InChI=1S/C24H32ClN3O4S/c1-17(2)14-26-24(30)19(4)27(15-20-9-7-10-21(25)13-20)23(29)16-28(33(5,31)32)22-11-6-8-18(3)12-22/h6-13,17,19H,14-16H2,1-5H3,(H,26,30)/t19-/m1/s1. The fourth-order valence-corrected chi connectivity index (χ4v) is 4.32. The highest BCUT2D eigenvalue weighted by atomic mass is 35.5. The van der Waals surface area contributed by atoms with Gasteiger partial charge in [-0.05, 0) is 55.2 Å². The van der Waals surface area contributed by atoms with E-state index in [4.69, 9.17) is 11.6 Å². The van der Waals surface area contributed by atoms with Crippen molar-refractivity contribution in [1.82, 2.24) is 10.2 Å². The number of benzene rings is 2. The van der Waals surface area contributed by atoms with Crippen LogP contribution >= 0.6 is 11.6 Å². The number of hydrogen-bond donors (Lipinski definition) is 1. The summed E-state index contributed by atoms with van der Waals surface area (Å²) in [5, 5.41) is 3.35. The van der Waals surface area contributed by atoms with Crippen LogP contribution < -0.4 is 9.62 Å². The van der Waals surface area contributed by atoms with E-state index < -0.39 is 28.5 Å². The molecule has 1 N–H and O–H groups in total. The van der Waals surface area contributed by atoms with Crippen LogP contribution in [0.5, 0.6) is 0 Å². The van der Waals surface area contributed by atoms with E-state index in [1.165, 1.54) is 4.90 Å². The van der Waals surface area contributed by atoms with Crippen LogP contribution in [0.25, 0.3) is 0 Å². The molecule has 2 aromatic carbocycles. The first-order valence-corrected chi connectivity index (χ1v) is 13.0. The molecule has 2 aromatic rings. The van der Waals surface area contributed by atoms with Crippen molar-refractivity contribution in [1.29, 1.82) is 0 Å². The van der Waals surface area contributed by atoms with Crippen molar-refractivity contribution >= 4 is 39.1 Å². The number of nitrogens with zero attached hydrogens (tertiary/aromatic N) is 2. The van der Waals surface area contributed by atoms with Crippen LogP contribution in [0, 0.1) is 12.8 Å². The molecule has 33 heavy (non-hydrogen) atoms. The Morgan fingerprint density at radius 1 is 1.06 bits per heavy atom. The third-order valence-corrected chi connectivity index (χ3v) is 6.44. The Hall–Kier alpha value is -2.58. The number of halogens is 1. The Balaban J connectivity index is 2.36. The number of carbonyl (C=O) groups excluding carboxylic acids is 2. The number of hydrogen-bond acceptors (Lipinski definition) is 4. The summed E-state index contributed by atoms with van der Waals surface area (Å²) in [5.74, 6) is -0.546. The van der Waals surface area contributed by atoms with Crippen molar-refractivity contribution in [3.63, 3.8) is 0 Å². The van der Waals surface area contributed by atoms with Crippen molar-refractivity contribution in [2.75, 3.05) is 23.7 Å². The highest BCUT2D eigenvalue weighted by Gasteiger charge is 2.30. The first kappa shape index (κ1) is 26.7. The number of nitrogens with one attached hydrogen (secondary N) is 1. The van der Waals surface area contributed by atoms with Gasteiger partial charge >= 0.3 is 0 Å². The molecule has 0 aliphatic rings. The Kier molecular flexibility index (Phi) is 9.31. The molecule has 0 aromatic heterocycles. The van der Waals surface area contributed by atoms with Crippen molar-refractivity contribution in [2.45, 2.75) is 40.3 Å². The fourth-order valence-electron chi connectivity index (χ4n) is 3.26. The van der Waals surface area contributed by atoms with Crippen LogP contribution in [0.2, 0.25) is 5.02 Å². The van der Waals surface area contributed by atoms with Gasteiger partial charge < -0.3 is 10.2 Å². The number of aryl methyl sites for hydroxylation is 1. The minimum absolute atomic E-state index is 0.112. The maximum absolute atomic E-state index is 13.4. The molecule has 1 atom stereocenters. The second-order valence-electron chi connectivity index (χ2n) is 8.58. The van der Waals surface area contributed by atoms with Gasteiger partial charge in [-0.2, -0.15) is 0 Å². The second kappa shape index (κ2) is 11.5. The monoisotopic (exact) mass is 493 g/mol. The zero-order valence-corrected chi connectivity index (χ0v) is 21.3. The van der Waals surface area contributed by atoms with Gasteiger partial charge in [-0.15, -0.1) is 0 Å². The lowest BCUT2D eigenvalue weighted by atomic mass is 10.1. The van der Waals surface area contributed by atoms with E-state index in [1.54, 1.807) is 49.4 Å². The van der Waals surface area contributed by atoms with E-state index in [0.717, 1.165) is 21.7 Å². The first-order chi connectivity index (χ1) is 15.4. The number of amides is 2. The minimum atomic E-state index is -3.75. The third-order valence-electron chi connectivity index (χ3n) is 5.06. The average Bonchev–Trinajstić information content (AvgIpc) is 2.72. The fraction of sp³-hybridized carbons (Fsp3) is 0.417. The van der Waals surface area contributed by atoms with Gasteiger partial charge in [-0.1, -0.05) is 49.7 Å². The molecule has 0 aliphatic carbocycles. The second-order valence-corrected chi connectivity index (χ2v) is 10.9. The van der Waals surface area contributed by atoms with Gasteiger partial charge in [-0.3, -0.25) is 13.9 Å². The van der Waals surface area contributed by atoms with Gasteiger partial charge in [0, 0.05) is 18.1 Å². The quantitative estimate of drug-likeness (QED) is 0.547. The summed E-state index contributed by atoms with van der Waals surface area (Å²) in [6.45, 7) is 7.60. The van der Waals surface area contributed by atoms with Crippen LogP contribution in [0.1, 0.15) is 31.9 Å². The van der Waals surface area contributed by atoms with Crippen LogP contribution in [0.3, 0.4) is 0 Å². The summed E-state index contributed by atoms with van der Waals surface area (Å²) in [5.41, 5.74) is 2.00. The maximum atomic E-state index is 13.4. The first-order valence-electron chi connectivity index (χ1n) is 10.7. The lowest BCUT2D eigenvalue weighted by Gasteiger charge is -2.31. The van der Waals surface area contributed by atoms with Crippen LogP contribution in [-0.2, 0) is 26.2 Å². The molecule has 2 rings (SSSR count). The Bertz CT molecular complexity index is 1090. The van der Waals surface area contributed by atoms with Gasteiger partial charge in [0.2, 0.25) is 21.8 Å². The maximum Gasteiger partial charge on any atom is 0.244 e. The highest BCUT2D eigenvalue weighted by molar-refractivity contribution is 7.92. The third kappa shape index (κ3) is 8.05. The van der Waals surface area contributed by atoms with Gasteiger partial charge in [0.1, 0.15) is 12.6 Å². The van der Waals surface area contributed by atoms with Crippen molar-refractivity contribution in [3.05, 3.63) is 64.7 Å². The predicted molar refractivity (Wildman–Crippen MR) is 133 cm³/mol. The summed E-state index contributed by atoms with van der Waals surface area (Å²) < 4.78 is 26.1. The predicted octanol–water partition coefficient (Wildman–Crippen LogP) is 3.60. The van der Waals surface area contributed by atoms with Crippen molar-refractivity contribution in [2.24, 2.45) is 5.92 Å². The molecule has 180 valence electrons. The van der Waals surface area contributed by atoms with Gasteiger partial charge in [0.15, 0.2) is 0 Å². The molecule has 9 heteroatoms. The van der Waals surface area contributed by atoms with Crippen LogP contribution in [0.15, 0.2) is 48.5 Å². The molecule has 0 saturated heterocycles. The smallest absolute Gasteiger partial charge is 0.244 e.